The molecule has 1 saturated heterocycles. The van der Waals surface area contributed by atoms with Crippen molar-refractivity contribution in [2.45, 2.75) is 79.2 Å². The molecule has 0 amide bonds. The Hall–Kier alpha value is 0.0569. The summed E-state index contributed by atoms with van der Waals surface area (Å²) in [7, 11) is -2.69. The summed E-state index contributed by atoms with van der Waals surface area (Å²) < 4.78 is 24.1. The minimum atomic E-state index is -2.69. The van der Waals surface area contributed by atoms with Gasteiger partial charge in [-0.1, -0.05) is 6.92 Å². The SMILES string of the molecule is CCC1(C[Si](OC(C)C)(OC(C)C)OC(C)C)COC1. The van der Waals surface area contributed by atoms with E-state index in [1.54, 1.807) is 0 Å². The molecular formula is C15H32O4Si. The highest BCUT2D eigenvalue weighted by Gasteiger charge is 2.53. The lowest BCUT2D eigenvalue weighted by atomic mass is 9.85. The van der Waals surface area contributed by atoms with Crippen LogP contribution in [0.2, 0.25) is 6.04 Å². The maximum absolute atomic E-state index is 6.23. The molecule has 0 N–H and O–H groups in total. The van der Waals surface area contributed by atoms with Crippen LogP contribution >= 0.6 is 0 Å². The first-order valence-electron chi connectivity index (χ1n) is 7.84. The van der Waals surface area contributed by atoms with Crippen LogP contribution in [-0.4, -0.2) is 40.3 Å². The van der Waals surface area contributed by atoms with Gasteiger partial charge in [-0.2, -0.15) is 0 Å². The van der Waals surface area contributed by atoms with Crippen molar-refractivity contribution in [2.24, 2.45) is 5.41 Å². The monoisotopic (exact) mass is 304 g/mol. The van der Waals surface area contributed by atoms with E-state index in [2.05, 4.69) is 6.92 Å². The van der Waals surface area contributed by atoms with Crippen LogP contribution in [0.25, 0.3) is 0 Å². The highest BCUT2D eigenvalue weighted by atomic mass is 28.4. The Balaban J connectivity index is 2.93. The van der Waals surface area contributed by atoms with Gasteiger partial charge in [-0.05, 0) is 48.0 Å². The lowest BCUT2D eigenvalue weighted by Gasteiger charge is -2.46. The lowest BCUT2D eigenvalue weighted by Crippen LogP contribution is -2.57. The molecule has 120 valence electrons. The van der Waals surface area contributed by atoms with E-state index < -0.39 is 8.80 Å². The van der Waals surface area contributed by atoms with Crippen molar-refractivity contribution in [1.82, 2.24) is 0 Å². The van der Waals surface area contributed by atoms with Crippen LogP contribution in [0.15, 0.2) is 0 Å². The van der Waals surface area contributed by atoms with Crippen molar-refractivity contribution < 1.29 is 18.0 Å². The summed E-state index contributed by atoms with van der Waals surface area (Å²) in [5.41, 5.74) is 0.172. The van der Waals surface area contributed by atoms with Crippen LogP contribution in [-0.2, 0) is 18.0 Å². The van der Waals surface area contributed by atoms with E-state index in [-0.39, 0.29) is 23.7 Å². The van der Waals surface area contributed by atoms with Gasteiger partial charge in [0.1, 0.15) is 0 Å². The van der Waals surface area contributed by atoms with Crippen LogP contribution in [0.3, 0.4) is 0 Å². The van der Waals surface area contributed by atoms with Crippen molar-refractivity contribution in [3.8, 4) is 0 Å². The minimum absolute atomic E-state index is 0.106. The van der Waals surface area contributed by atoms with Gasteiger partial charge in [0, 0.05) is 29.8 Å². The van der Waals surface area contributed by atoms with Crippen LogP contribution in [0, 0.1) is 5.41 Å². The second-order valence-corrected chi connectivity index (χ2v) is 9.13. The van der Waals surface area contributed by atoms with Gasteiger partial charge in [0.15, 0.2) is 0 Å². The van der Waals surface area contributed by atoms with Crippen molar-refractivity contribution in [1.29, 1.82) is 0 Å². The molecule has 0 bridgehead atoms. The average Bonchev–Trinajstić information content (AvgIpc) is 2.20. The third-order valence-electron chi connectivity index (χ3n) is 3.40. The van der Waals surface area contributed by atoms with E-state index in [0.717, 1.165) is 25.7 Å². The summed E-state index contributed by atoms with van der Waals surface area (Å²) in [6.45, 7) is 16.1. The van der Waals surface area contributed by atoms with Crippen LogP contribution in [0.5, 0.6) is 0 Å². The molecule has 1 heterocycles. The Bertz CT molecular complexity index is 256. The topological polar surface area (TPSA) is 36.9 Å². The van der Waals surface area contributed by atoms with Gasteiger partial charge in [-0.3, -0.25) is 0 Å². The Labute approximate surface area is 125 Å². The van der Waals surface area contributed by atoms with Gasteiger partial charge in [0.25, 0.3) is 0 Å². The first-order chi connectivity index (χ1) is 9.22. The van der Waals surface area contributed by atoms with Crippen LogP contribution in [0.1, 0.15) is 54.9 Å². The predicted octanol–water partition coefficient (Wildman–Crippen LogP) is 3.63. The zero-order chi connectivity index (χ0) is 15.4. The fraction of sp³-hybridized carbons (Fsp3) is 1.00. The molecule has 0 spiro atoms. The molecule has 0 aromatic heterocycles. The molecule has 1 fully saturated rings. The van der Waals surface area contributed by atoms with E-state index in [0.29, 0.717) is 0 Å². The third kappa shape index (κ3) is 5.11. The highest BCUT2D eigenvalue weighted by Crippen LogP contribution is 2.41. The molecule has 0 atom stereocenters. The normalized spacial score (nSPS) is 18.9. The Morgan fingerprint density at radius 3 is 1.50 bits per heavy atom. The van der Waals surface area contributed by atoms with Gasteiger partial charge >= 0.3 is 8.80 Å². The zero-order valence-electron chi connectivity index (χ0n) is 14.2. The summed E-state index contributed by atoms with van der Waals surface area (Å²) in [5, 5.41) is 0. The van der Waals surface area contributed by atoms with Crippen molar-refractivity contribution in [3.05, 3.63) is 0 Å². The number of rotatable bonds is 9. The van der Waals surface area contributed by atoms with Gasteiger partial charge in [0.05, 0.1) is 13.2 Å². The number of hydrogen-bond acceptors (Lipinski definition) is 4. The third-order valence-corrected chi connectivity index (χ3v) is 7.08. The number of ether oxygens (including phenoxy) is 1. The van der Waals surface area contributed by atoms with E-state index >= 15 is 0 Å². The largest absolute Gasteiger partial charge is 0.502 e. The van der Waals surface area contributed by atoms with Gasteiger partial charge in [-0.15, -0.1) is 0 Å². The summed E-state index contributed by atoms with van der Waals surface area (Å²) >= 11 is 0. The minimum Gasteiger partial charge on any atom is -0.380 e. The lowest BCUT2D eigenvalue weighted by molar-refractivity contribution is -0.117. The maximum atomic E-state index is 6.23. The fourth-order valence-corrected chi connectivity index (χ4v) is 6.51. The summed E-state index contributed by atoms with van der Waals surface area (Å²) in [5.74, 6) is 0. The molecule has 0 radical (unpaired) electrons. The summed E-state index contributed by atoms with van der Waals surface area (Å²) in [6.07, 6.45) is 1.39. The highest BCUT2D eigenvalue weighted by molar-refractivity contribution is 6.61. The zero-order valence-corrected chi connectivity index (χ0v) is 15.2. The van der Waals surface area contributed by atoms with Crippen molar-refractivity contribution >= 4 is 8.80 Å². The first kappa shape index (κ1) is 18.1. The molecular weight excluding hydrogens is 272 g/mol. The van der Waals surface area contributed by atoms with Gasteiger partial charge in [0.2, 0.25) is 0 Å². The summed E-state index contributed by atoms with van der Waals surface area (Å²) in [4.78, 5) is 0. The van der Waals surface area contributed by atoms with Crippen LogP contribution in [0.4, 0.5) is 0 Å². The molecule has 1 rings (SSSR count). The first-order valence-corrected chi connectivity index (χ1v) is 9.77. The molecule has 20 heavy (non-hydrogen) atoms. The van der Waals surface area contributed by atoms with Crippen LogP contribution < -0.4 is 0 Å². The van der Waals surface area contributed by atoms with E-state index in [9.17, 15) is 0 Å². The van der Waals surface area contributed by atoms with Gasteiger partial charge in [-0.25, -0.2) is 0 Å². The smallest absolute Gasteiger partial charge is 0.380 e. The fourth-order valence-electron chi connectivity index (χ4n) is 2.57. The standard InChI is InChI=1S/C15H32O4Si/c1-8-15(9-16-10-15)11-20(17-12(2)3,18-13(4)5)19-14(6)7/h12-14H,8-11H2,1-7H3. The van der Waals surface area contributed by atoms with E-state index in [1.165, 1.54) is 0 Å². The molecule has 0 saturated carbocycles. The van der Waals surface area contributed by atoms with E-state index in [1.807, 2.05) is 41.5 Å². The Kier molecular flexibility index (Phi) is 6.66. The quantitative estimate of drug-likeness (QED) is 0.610. The second kappa shape index (κ2) is 7.36. The maximum Gasteiger partial charge on any atom is 0.502 e. The molecule has 0 aromatic rings. The predicted molar refractivity (Wildman–Crippen MR) is 82.8 cm³/mol. The van der Waals surface area contributed by atoms with Crippen molar-refractivity contribution in [2.75, 3.05) is 13.2 Å². The molecule has 0 unspecified atom stereocenters. The molecule has 0 aliphatic carbocycles. The van der Waals surface area contributed by atoms with Gasteiger partial charge < -0.3 is 18.0 Å². The molecule has 4 nitrogen and oxygen atoms in total. The Morgan fingerprint density at radius 2 is 1.30 bits per heavy atom. The number of hydrogen-bond donors (Lipinski definition) is 0. The molecule has 0 aromatic carbocycles. The summed E-state index contributed by atoms with van der Waals surface area (Å²) in [6, 6.07) is 0.852. The molecule has 1 aliphatic rings. The average molecular weight is 305 g/mol. The van der Waals surface area contributed by atoms with E-state index in [4.69, 9.17) is 18.0 Å². The Morgan fingerprint density at radius 1 is 0.900 bits per heavy atom. The van der Waals surface area contributed by atoms with Crippen molar-refractivity contribution in [3.63, 3.8) is 0 Å². The molecule has 5 heteroatoms. The second-order valence-electron chi connectivity index (χ2n) is 6.71. The molecule has 1 aliphatic heterocycles.